The fraction of sp³-hybridized carbons (Fsp3) is 0.179. The summed E-state index contributed by atoms with van der Waals surface area (Å²) in [6.45, 7) is 1.82. The van der Waals surface area contributed by atoms with E-state index in [9.17, 15) is 33.4 Å². The summed E-state index contributed by atoms with van der Waals surface area (Å²) in [5.41, 5.74) is 2.91. The molecule has 0 bridgehead atoms. The third-order valence-electron chi connectivity index (χ3n) is 5.95. The fourth-order valence-corrected chi connectivity index (χ4v) is 4.78. The number of halogens is 1. The Labute approximate surface area is 232 Å². The molecule has 0 radical (unpaired) electrons. The number of aromatic carboxylic acids is 1. The summed E-state index contributed by atoms with van der Waals surface area (Å²) in [4.78, 5) is 14.8. The zero-order chi connectivity index (χ0) is 28.7. The van der Waals surface area contributed by atoms with Crippen LogP contribution in [0.25, 0.3) is 5.57 Å². The van der Waals surface area contributed by atoms with Gasteiger partial charge in [-0.05, 0) is 54.8 Å². The van der Waals surface area contributed by atoms with Gasteiger partial charge in [0.2, 0.25) is 0 Å². The molecule has 0 saturated carbocycles. The molecule has 9 nitrogen and oxygen atoms in total. The Morgan fingerprint density at radius 3 is 2.31 bits per heavy atom. The van der Waals surface area contributed by atoms with Crippen LogP contribution >= 0.6 is 11.6 Å². The van der Waals surface area contributed by atoms with Crippen LogP contribution in [0.5, 0.6) is 0 Å². The van der Waals surface area contributed by atoms with Crippen molar-refractivity contribution < 1.29 is 22.9 Å². The Morgan fingerprint density at radius 2 is 1.72 bits per heavy atom. The van der Waals surface area contributed by atoms with Crippen molar-refractivity contribution in [2.75, 3.05) is 29.1 Å². The highest BCUT2D eigenvalue weighted by Gasteiger charge is 2.28. The number of hydrogen-bond acceptors (Lipinski definition) is 9. The van der Waals surface area contributed by atoms with E-state index in [1.54, 1.807) is 37.3 Å². The average Bonchev–Trinajstić information content (AvgIpc) is 3.14. The van der Waals surface area contributed by atoms with Crippen LogP contribution in [0, 0.1) is 22.7 Å². The molecule has 0 spiro atoms. The predicted molar refractivity (Wildman–Crippen MR) is 146 cm³/mol. The Balaban J connectivity index is 1.94. The van der Waals surface area contributed by atoms with Gasteiger partial charge in [-0.25, -0.2) is 8.42 Å². The van der Waals surface area contributed by atoms with Gasteiger partial charge in [0.15, 0.2) is 0 Å². The maximum Gasteiger partial charge on any atom is 0.113 e. The number of carboxylic acid groups (broad SMARTS) is 1. The minimum absolute atomic E-state index is 0.0258. The maximum absolute atomic E-state index is 11.1. The van der Waals surface area contributed by atoms with Crippen LogP contribution in [-0.4, -0.2) is 38.3 Å². The van der Waals surface area contributed by atoms with Gasteiger partial charge < -0.3 is 24.3 Å². The number of nitriles is 2. The van der Waals surface area contributed by atoms with Gasteiger partial charge in [0.05, 0.1) is 45.2 Å². The zero-order valence-electron chi connectivity index (χ0n) is 21.1. The topological polar surface area (TPSA) is 151 Å². The molecule has 0 fully saturated rings. The highest BCUT2D eigenvalue weighted by atomic mass is 35.5. The zero-order valence-corrected chi connectivity index (χ0v) is 22.7. The maximum atomic E-state index is 11.1. The standard InChI is InChI=1S/C28H25ClN4O5S/c1-19(17-30)27(20-8-10-21(11-9-20)28(34)35)22(18-31)6-3-4-7-26-32(2)24-13-12-23(29)16-25(24)33(26)14-5-15-39(36,37)38/h3-4,6-13,16H,5,14-15H2,1-2H3,(H,34,35)(H,36,37,38)/p-2/b4-3+,22-6+,26-7+,27-19-. The smallest absolute Gasteiger partial charge is 0.113 e. The highest BCUT2D eigenvalue weighted by Crippen LogP contribution is 2.42. The summed E-state index contributed by atoms with van der Waals surface area (Å²) in [5, 5.41) is 30.9. The molecule has 2 aromatic rings. The van der Waals surface area contributed by atoms with E-state index in [0.29, 0.717) is 22.0 Å². The molecule has 3 rings (SSSR count). The Morgan fingerprint density at radius 1 is 1.05 bits per heavy atom. The molecule has 0 N–H and O–H groups in total. The summed E-state index contributed by atoms with van der Waals surface area (Å²) in [7, 11) is -2.53. The second kappa shape index (κ2) is 12.5. The number of allylic oxidation sites excluding steroid dienone is 7. The van der Waals surface area contributed by atoms with Crippen molar-refractivity contribution in [1.82, 2.24) is 0 Å². The largest absolute Gasteiger partial charge is 0.748 e. The van der Waals surface area contributed by atoms with E-state index < -0.39 is 21.8 Å². The summed E-state index contributed by atoms with van der Waals surface area (Å²) in [6.07, 6.45) is 6.72. The molecule has 39 heavy (non-hydrogen) atoms. The summed E-state index contributed by atoms with van der Waals surface area (Å²) >= 11 is 6.19. The van der Waals surface area contributed by atoms with Crippen molar-refractivity contribution in [2.24, 2.45) is 0 Å². The third-order valence-corrected chi connectivity index (χ3v) is 6.97. The Hall–Kier alpha value is -4.35. The lowest BCUT2D eigenvalue weighted by molar-refractivity contribution is -0.255. The van der Waals surface area contributed by atoms with E-state index >= 15 is 0 Å². The number of carboxylic acids is 1. The van der Waals surface area contributed by atoms with Crippen molar-refractivity contribution >= 4 is 44.6 Å². The van der Waals surface area contributed by atoms with Gasteiger partial charge in [-0.2, -0.15) is 10.5 Å². The van der Waals surface area contributed by atoms with Gasteiger partial charge in [-0.15, -0.1) is 0 Å². The predicted octanol–water partition coefficient (Wildman–Crippen LogP) is 3.74. The number of anilines is 2. The minimum Gasteiger partial charge on any atom is -0.748 e. The van der Waals surface area contributed by atoms with Crippen LogP contribution in [0.15, 0.2) is 83.7 Å². The molecule has 11 heteroatoms. The van der Waals surface area contributed by atoms with E-state index in [0.717, 1.165) is 11.4 Å². The molecule has 200 valence electrons. The first-order chi connectivity index (χ1) is 18.5. The minimum atomic E-state index is -4.36. The number of benzene rings is 2. The molecular weight excluding hydrogens is 540 g/mol. The van der Waals surface area contributed by atoms with Crippen LogP contribution in [0.4, 0.5) is 11.4 Å². The lowest BCUT2D eigenvalue weighted by atomic mass is 9.93. The second-order valence-corrected chi connectivity index (χ2v) is 10.5. The molecule has 0 saturated heterocycles. The lowest BCUT2D eigenvalue weighted by Gasteiger charge is -2.23. The van der Waals surface area contributed by atoms with Gasteiger partial charge in [-0.3, -0.25) is 0 Å². The van der Waals surface area contributed by atoms with Crippen molar-refractivity contribution in [3.63, 3.8) is 0 Å². The summed E-state index contributed by atoms with van der Waals surface area (Å²) in [5.74, 6) is -1.14. The van der Waals surface area contributed by atoms with E-state index in [1.807, 2.05) is 29.0 Å². The number of rotatable bonds is 9. The lowest BCUT2D eigenvalue weighted by Crippen LogP contribution is -2.27. The first kappa shape index (κ1) is 29.2. The Bertz CT molecular complexity index is 1590. The molecular formula is C28H23ClN4O5S-2. The van der Waals surface area contributed by atoms with E-state index in [1.165, 1.54) is 30.3 Å². The van der Waals surface area contributed by atoms with Gasteiger partial charge in [0, 0.05) is 35.5 Å². The molecule has 1 aliphatic heterocycles. The van der Waals surface area contributed by atoms with Crippen molar-refractivity contribution in [3.8, 4) is 12.1 Å². The summed E-state index contributed by atoms with van der Waals surface area (Å²) in [6, 6.07) is 15.2. The van der Waals surface area contributed by atoms with Crippen LogP contribution in [0.3, 0.4) is 0 Å². The quantitative estimate of drug-likeness (QED) is 0.253. The molecule has 1 aliphatic rings. The SMILES string of the molecule is C/C(C#N)=C(/C(C#N)=C/C=C/C=C1\N(C)c2ccc(Cl)cc2N1CCCS(=O)(=O)[O-])c1ccc(C(=O)[O-])cc1. The van der Waals surface area contributed by atoms with Gasteiger partial charge in [0.1, 0.15) is 5.82 Å². The highest BCUT2D eigenvalue weighted by molar-refractivity contribution is 7.85. The van der Waals surface area contributed by atoms with E-state index in [4.69, 9.17) is 11.6 Å². The average molecular weight is 563 g/mol. The first-order valence-corrected chi connectivity index (χ1v) is 13.6. The second-order valence-electron chi connectivity index (χ2n) is 8.54. The van der Waals surface area contributed by atoms with E-state index in [-0.39, 0.29) is 29.7 Å². The molecule has 0 atom stereocenters. The normalized spacial score (nSPS) is 15.2. The van der Waals surface area contributed by atoms with Crippen LogP contribution in [0.1, 0.15) is 29.3 Å². The first-order valence-electron chi connectivity index (χ1n) is 11.6. The van der Waals surface area contributed by atoms with E-state index in [2.05, 4.69) is 6.07 Å². The fourth-order valence-electron chi connectivity index (χ4n) is 4.13. The number of carbonyl (C=O) groups excluding carboxylic acids is 1. The summed E-state index contributed by atoms with van der Waals surface area (Å²) < 4.78 is 33.3. The van der Waals surface area contributed by atoms with Crippen molar-refractivity contribution in [1.29, 1.82) is 10.5 Å². The van der Waals surface area contributed by atoms with Crippen molar-refractivity contribution in [3.05, 3.63) is 99.9 Å². The molecule has 2 aromatic carbocycles. The Kier molecular flexibility index (Phi) is 9.33. The third kappa shape index (κ3) is 7.15. The van der Waals surface area contributed by atoms with Crippen LogP contribution in [-0.2, 0) is 10.1 Å². The van der Waals surface area contributed by atoms with Crippen LogP contribution < -0.4 is 14.9 Å². The van der Waals surface area contributed by atoms with Crippen LogP contribution in [0.2, 0.25) is 5.02 Å². The monoisotopic (exact) mass is 562 g/mol. The number of fused-ring (bicyclic) bond motifs is 1. The number of nitrogens with zero attached hydrogens (tertiary/aromatic N) is 4. The molecule has 0 amide bonds. The van der Waals surface area contributed by atoms with Gasteiger partial charge in [-0.1, -0.05) is 48.0 Å². The molecule has 1 heterocycles. The van der Waals surface area contributed by atoms with Crippen molar-refractivity contribution in [2.45, 2.75) is 13.3 Å². The molecule has 0 aromatic heterocycles. The number of carbonyl (C=O) groups is 1. The van der Waals surface area contributed by atoms with Gasteiger partial charge in [0.25, 0.3) is 0 Å². The molecule has 0 unspecified atom stereocenters. The molecule has 0 aliphatic carbocycles. The van der Waals surface area contributed by atoms with Gasteiger partial charge >= 0.3 is 0 Å². The number of hydrogen-bond donors (Lipinski definition) is 0.